The number of rotatable bonds is 5. The van der Waals surface area contributed by atoms with Gasteiger partial charge in [-0.05, 0) is 27.7 Å². The van der Waals surface area contributed by atoms with Gasteiger partial charge in [-0.2, -0.15) is 4.39 Å². The fourth-order valence-corrected chi connectivity index (χ4v) is 1.35. The number of hydrogen-bond donors (Lipinski definition) is 0. The molecule has 4 heteroatoms. The van der Waals surface area contributed by atoms with Crippen LogP contribution < -0.4 is 14.2 Å². The van der Waals surface area contributed by atoms with E-state index in [0.717, 1.165) is 0 Å². The van der Waals surface area contributed by atoms with Gasteiger partial charge in [0.05, 0.1) is 19.3 Å². The van der Waals surface area contributed by atoms with Crippen LogP contribution in [-0.4, -0.2) is 19.3 Å². The van der Waals surface area contributed by atoms with Crippen LogP contribution in [0.2, 0.25) is 0 Å². The van der Waals surface area contributed by atoms with Gasteiger partial charge in [-0.15, -0.1) is 0 Å². The van der Waals surface area contributed by atoms with Crippen molar-refractivity contribution in [1.29, 1.82) is 0 Å². The molecule has 0 atom stereocenters. The molecule has 0 heterocycles. The third-order valence-electron chi connectivity index (χ3n) is 1.94. The van der Waals surface area contributed by atoms with E-state index in [2.05, 4.69) is 0 Å². The second-order valence-corrected chi connectivity index (χ2v) is 4.27. The van der Waals surface area contributed by atoms with E-state index in [-0.39, 0.29) is 23.7 Å². The zero-order valence-electron chi connectivity index (χ0n) is 10.9. The summed E-state index contributed by atoms with van der Waals surface area (Å²) in [5.74, 6) is 0.316. The Kier molecular flexibility index (Phi) is 4.61. The first-order valence-electron chi connectivity index (χ1n) is 5.65. The van der Waals surface area contributed by atoms with Gasteiger partial charge in [-0.25, -0.2) is 0 Å². The van der Waals surface area contributed by atoms with Gasteiger partial charge >= 0.3 is 0 Å². The molecule has 0 aliphatic carbocycles. The molecule has 0 aliphatic rings. The van der Waals surface area contributed by atoms with E-state index >= 15 is 0 Å². The van der Waals surface area contributed by atoms with E-state index in [1.807, 2.05) is 27.7 Å². The molecule has 1 aromatic rings. The van der Waals surface area contributed by atoms with Crippen molar-refractivity contribution in [3.8, 4) is 17.2 Å². The molecule has 0 aromatic heterocycles. The Balaban J connectivity index is 3.11. The van der Waals surface area contributed by atoms with Crippen molar-refractivity contribution in [3.05, 3.63) is 17.9 Å². The highest BCUT2D eigenvalue weighted by molar-refractivity contribution is 5.44. The summed E-state index contributed by atoms with van der Waals surface area (Å²) in [5, 5.41) is 0. The average molecular weight is 242 g/mol. The molecule has 0 unspecified atom stereocenters. The van der Waals surface area contributed by atoms with Crippen molar-refractivity contribution in [2.45, 2.75) is 39.9 Å². The third kappa shape index (κ3) is 3.80. The summed E-state index contributed by atoms with van der Waals surface area (Å²) in [6, 6.07) is 3.03. The molecule has 1 rings (SSSR count). The summed E-state index contributed by atoms with van der Waals surface area (Å²) >= 11 is 0. The molecule has 1 aromatic carbocycles. The van der Waals surface area contributed by atoms with Crippen LogP contribution in [0.15, 0.2) is 12.1 Å². The lowest BCUT2D eigenvalue weighted by Crippen LogP contribution is -2.10. The van der Waals surface area contributed by atoms with Crippen LogP contribution in [0, 0.1) is 5.82 Å². The molecule has 17 heavy (non-hydrogen) atoms. The normalized spacial score (nSPS) is 10.8. The van der Waals surface area contributed by atoms with E-state index in [1.165, 1.54) is 19.2 Å². The van der Waals surface area contributed by atoms with Crippen molar-refractivity contribution in [2.24, 2.45) is 0 Å². The molecule has 0 saturated carbocycles. The molecule has 0 saturated heterocycles. The lowest BCUT2D eigenvalue weighted by molar-refractivity contribution is 0.207. The highest BCUT2D eigenvalue weighted by Gasteiger charge is 2.15. The van der Waals surface area contributed by atoms with Gasteiger partial charge in [0.15, 0.2) is 11.5 Å². The maximum Gasteiger partial charge on any atom is 0.207 e. The monoisotopic (exact) mass is 242 g/mol. The molecule has 0 bridgehead atoms. The molecule has 0 N–H and O–H groups in total. The summed E-state index contributed by atoms with van der Waals surface area (Å²) in [5.41, 5.74) is 0. The molecule has 0 fully saturated rings. The topological polar surface area (TPSA) is 27.7 Å². The van der Waals surface area contributed by atoms with Crippen molar-refractivity contribution in [1.82, 2.24) is 0 Å². The molecule has 0 radical (unpaired) electrons. The third-order valence-corrected chi connectivity index (χ3v) is 1.94. The molecular weight excluding hydrogens is 223 g/mol. The molecular formula is C13H19FO3. The number of benzene rings is 1. The Morgan fingerprint density at radius 3 is 1.65 bits per heavy atom. The predicted molar refractivity (Wildman–Crippen MR) is 64.5 cm³/mol. The lowest BCUT2D eigenvalue weighted by Gasteiger charge is -2.16. The first-order chi connectivity index (χ1) is 7.93. The van der Waals surface area contributed by atoms with Crippen molar-refractivity contribution in [3.63, 3.8) is 0 Å². The van der Waals surface area contributed by atoms with Crippen LogP contribution in [0.1, 0.15) is 27.7 Å². The van der Waals surface area contributed by atoms with Gasteiger partial charge in [0, 0.05) is 12.1 Å². The summed E-state index contributed by atoms with van der Waals surface area (Å²) in [6.45, 7) is 7.34. The van der Waals surface area contributed by atoms with Gasteiger partial charge < -0.3 is 14.2 Å². The Bertz CT molecular complexity index is 344. The molecule has 96 valence electrons. The SMILES string of the molecule is COc1cc(OC(C)C)c(F)c(OC(C)C)c1. The maximum atomic E-state index is 14.0. The number of methoxy groups -OCH3 is 1. The van der Waals surface area contributed by atoms with Crippen molar-refractivity contribution < 1.29 is 18.6 Å². The first kappa shape index (κ1) is 13.6. The average Bonchev–Trinajstić information content (AvgIpc) is 2.22. The summed E-state index contributed by atoms with van der Waals surface area (Å²) in [4.78, 5) is 0. The maximum absolute atomic E-state index is 14.0. The Hall–Kier alpha value is -1.45. The Morgan fingerprint density at radius 2 is 1.35 bits per heavy atom. The van der Waals surface area contributed by atoms with E-state index in [0.29, 0.717) is 5.75 Å². The zero-order chi connectivity index (χ0) is 13.0. The van der Waals surface area contributed by atoms with Crippen LogP contribution in [0.25, 0.3) is 0 Å². The van der Waals surface area contributed by atoms with Crippen LogP contribution in [-0.2, 0) is 0 Å². The fraction of sp³-hybridized carbons (Fsp3) is 0.538. The van der Waals surface area contributed by atoms with E-state index in [4.69, 9.17) is 14.2 Å². The summed E-state index contributed by atoms with van der Waals surface area (Å²) < 4.78 is 29.8. The highest BCUT2D eigenvalue weighted by atomic mass is 19.1. The quantitative estimate of drug-likeness (QED) is 0.792. The predicted octanol–water partition coefficient (Wildman–Crippen LogP) is 3.41. The molecule has 0 amide bonds. The minimum absolute atomic E-state index is 0.108. The van der Waals surface area contributed by atoms with Crippen LogP contribution >= 0.6 is 0 Å². The fourth-order valence-electron chi connectivity index (χ4n) is 1.35. The largest absolute Gasteiger partial charge is 0.496 e. The number of halogens is 1. The van der Waals surface area contributed by atoms with E-state index in [9.17, 15) is 4.39 Å². The van der Waals surface area contributed by atoms with Gasteiger partial charge in [-0.3, -0.25) is 0 Å². The standard InChI is InChI=1S/C13H19FO3/c1-8(2)16-11-6-10(15-5)7-12(13(11)14)17-9(3)4/h6-9H,1-5H3. The second-order valence-electron chi connectivity index (χ2n) is 4.27. The molecule has 0 spiro atoms. The van der Waals surface area contributed by atoms with Gasteiger partial charge in [0.1, 0.15) is 5.75 Å². The van der Waals surface area contributed by atoms with Gasteiger partial charge in [-0.1, -0.05) is 0 Å². The Labute approximate surface area is 101 Å². The Morgan fingerprint density at radius 1 is 0.941 bits per heavy atom. The van der Waals surface area contributed by atoms with Crippen LogP contribution in [0.5, 0.6) is 17.2 Å². The summed E-state index contributed by atoms with van der Waals surface area (Å²) in [7, 11) is 1.52. The van der Waals surface area contributed by atoms with Crippen molar-refractivity contribution in [2.75, 3.05) is 7.11 Å². The van der Waals surface area contributed by atoms with Gasteiger partial charge in [0.2, 0.25) is 5.82 Å². The van der Waals surface area contributed by atoms with Crippen molar-refractivity contribution >= 4 is 0 Å². The lowest BCUT2D eigenvalue weighted by atomic mass is 10.2. The van der Waals surface area contributed by atoms with E-state index < -0.39 is 5.82 Å². The van der Waals surface area contributed by atoms with E-state index in [1.54, 1.807) is 0 Å². The smallest absolute Gasteiger partial charge is 0.207 e. The van der Waals surface area contributed by atoms with Crippen LogP contribution in [0.3, 0.4) is 0 Å². The first-order valence-corrected chi connectivity index (χ1v) is 5.65. The van der Waals surface area contributed by atoms with Gasteiger partial charge in [0.25, 0.3) is 0 Å². The second kappa shape index (κ2) is 5.75. The summed E-state index contributed by atoms with van der Waals surface area (Å²) in [6.07, 6.45) is -0.216. The van der Waals surface area contributed by atoms with Crippen LogP contribution in [0.4, 0.5) is 4.39 Å². The zero-order valence-corrected chi connectivity index (χ0v) is 10.9. The number of ether oxygens (including phenoxy) is 3. The molecule has 3 nitrogen and oxygen atoms in total. The highest BCUT2D eigenvalue weighted by Crippen LogP contribution is 2.33. The minimum Gasteiger partial charge on any atom is -0.496 e. The number of hydrogen-bond acceptors (Lipinski definition) is 3. The minimum atomic E-state index is -0.492. The molecule has 0 aliphatic heterocycles.